The lowest BCUT2D eigenvalue weighted by Gasteiger charge is -2.26. The first-order valence-corrected chi connectivity index (χ1v) is 18.1. The highest BCUT2D eigenvalue weighted by Gasteiger charge is 2.20. The van der Waals surface area contributed by atoms with E-state index in [-0.39, 0.29) is 6.61 Å². The van der Waals surface area contributed by atoms with Crippen molar-refractivity contribution in [3.63, 3.8) is 0 Å². The van der Waals surface area contributed by atoms with E-state index in [1.54, 1.807) is 55.5 Å². The van der Waals surface area contributed by atoms with E-state index in [2.05, 4.69) is 38.2 Å². The fourth-order valence-corrected chi connectivity index (χ4v) is 6.88. The van der Waals surface area contributed by atoms with E-state index in [4.69, 9.17) is 18.9 Å². The van der Waals surface area contributed by atoms with Crippen LogP contribution in [0, 0.1) is 23.7 Å². The highest BCUT2D eigenvalue weighted by molar-refractivity contribution is 5.90. The van der Waals surface area contributed by atoms with E-state index in [0.717, 1.165) is 11.8 Å². The number of ether oxygens (including phenoxy) is 4. The second-order valence-electron chi connectivity index (χ2n) is 13.5. The van der Waals surface area contributed by atoms with Crippen LogP contribution in [-0.4, -0.2) is 37.9 Å². The molecule has 6 heteroatoms. The summed E-state index contributed by atoms with van der Waals surface area (Å²) in [4.78, 5) is 25.2. The summed E-state index contributed by atoms with van der Waals surface area (Å²) >= 11 is 0. The minimum Gasteiger partial charge on any atom is -0.490 e. The van der Waals surface area contributed by atoms with E-state index >= 15 is 0 Å². The van der Waals surface area contributed by atoms with Crippen molar-refractivity contribution in [3.05, 3.63) is 84.0 Å². The molecule has 0 radical (unpaired) electrons. The van der Waals surface area contributed by atoms with Crippen molar-refractivity contribution in [2.24, 2.45) is 23.7 Å². The van der Waals surface area contributed by atoms with E-state index in [9.17, 15) is 9.59 Å². The van der Waals surface area contributed by atoms with Gasteiger partial charge in [0.2, 0.25) is 0 Å². The van der Waals surface area contributed by atoms with Gasteiger partial charge in [-0.1, -0.05) is 63.8 Å². The maximum Gasteiger partial charge on any atom is 0.338 e. The van der Waals surface area contributed by atoms with Crippen molar-refractivity contribution < 1.29 is 28.5 Å². The predicted octanol–water partition coefficient (Wildman–Crippen LogP) is 10.2. The first-order valence-electron chi connectivity index (χ1n) is 18.1. The van der Waals surface area contributed by atoms with Gasteiger partial charge >= 0.3 is 11.9 Å². The number of hydrogen-bond donors (Lipinski definition) is 0. The van der Waals surface area contributed by atoms with Crippen LogP contribution in [0.15, 0.2) is 72.8 Å². The molecule has 0 unspecified atom stereocenters. The number of allylic oxidation sites excluding steroid dienone is 2. The van der Waals surface area contributed by atoms with Crippen molar-refractivity contribution in [1.82, 2.24) is 0 Å². The molecule has 6 nitrogen and oxygen atoms in total. The van der Waals surface area contributed by atoms with E-state index in [1.807, 2.05) is 0 Å². The summed E-state index contributed by atoms with van der Waals surface area (Å²) < 4.78 is 22.6. The average Bonchev–Trinajstić information content (AvgIpc) is 3.09. The van der Waals surface area contributed by atoms with Gasteiger partial charge in [0.15, 0.2) is 0 Å². The Balaban J connectivity index is 1.09. The SMILES string of the molecule is CCCC1CCC(C=CCOc2ccc(C(=O)OC[C@@H](C)OC(=O)c3ccc(OCC=CC4CCC(CCC)CC4)cc3)cc2)CC1. The maximum absolute atomic E-state index is 12.6. The molecule has 0 aromatic heterocycles. The largest absolute Gasteiger partial charge is 0.490 e. The Hall–Kier alpha value is -3.54. The molecular formula is C41H56O6. The van der Waals surface area contributed by atoms with Gasteiger partial charge in [-0.2, -0.15) is 0 Å². The Labute approximate surface area is 282 Å². The molecule has 0 amide bonds. The summed E-state index contributed by atoms with van der Waals surface area (Å²) in [5.41, 5.74) is 0.833. The lowest BCUT2D eigenvalue weighted by Crippen LogP contribution is -2.22. The number of carbonyl (C=O) groups excluding carboxylic acids is 2. The summed E-state index contributed by atoms with van der Waals surface area (Å²) in [7, 11) is 0. The zero-order chi connectivity index (χ0) is 33.3. The van der Waals surface area contributed by atoms with Gasteiger partial charge in [0.05, 0.1) is 11.1 Å². The monoisotopic (exact) mass is 644 g/mol. The molecule has 1 atom stereocenters. The van der Waals surface area contributed by atoms with Gasteiger partial charge in [0.25, 0.3) is 0 Å². The molecule has 47 heavy (non-hydrogen) atoms. The lowest BCUT2D eigenvalue weighted by atomic mass is 9.80. The number of hydrogen-bond acceptors (Lipinski definition) is 6. The molecule has 0 saturated heterocycles. The molecule has 2 aliphatic carbocycles. The van der Waals surface area contributed by atoms with Crippen LogP contribution in [0.2, 0.25) is 0 Å². The highest BCUT2D eigenvalue weighted by atomic mass is 16.6. The molecule has 2 aliphatic rings. The van der Waals surface area contributed by atoms with Gasteiger partial charge in [-0.25, -0.2) is 9.59 Å². The lowest BCUT2D eigenvalue weighted by molar-refractivity contribution is 0.00447. The molecule has 0 aliphatic heterocycles. The summed E-state index contributed by atoms with van der Waals surface area (Å²) in [5.74, 6) is 3.60. The molecule has 0 bridgehead atoms. The summed E-state index contributed by atoms with van der Waals surface area (Å²) in [6.07, 6.45) is 24.0. The average molecular weight is 645 g/mol. The van der Waals surface area contributed by atoms with Crippen LogP contribution in [-0.2, 0) is 9.47 Å². The second kappa shape index (κ2) is 20.0. The van der Waals surface area contributed by atoms with Crippen LogP contribution in [0.4, 0.5) is 0 Å². The first kappa shape index (κ1) is 36.3. The molecular weight excluding hydrogens is 588 g/mol. The third-order valence-corrected chi connectivity index (χ3v) is 9.62. The quantitative estimate of drug-likeness (QED) is 0.126. The van der Waals surface area contributed by atoms with Crippen LogP contribution < -0.4 is 9.47 Å². The third-order valence-electron chi connectivity index (χ3n) is 9.62. The van der Waals surface area contributed by atoms with Gasteiger partial charge in [-0.3, -0.25) is 0 Å². The van der Waals surface area contributed by atoms with Crippen LogP contribution in [0.5, 0.6) is 11.5 Å². The standard InChI is InChI=1S/C41H56O6/c1-4-8-32-12-16-34(17-13-32)10-6-28-44-38-24-20-36(21-25-38)40(42)46-30-31(3)47-41(43)37-22-26-39(27-23-37)45-29-7-11-35-18-14-33(9-5-2)15-19-35/h6-7,10-11,20-27,31-35H,4-5,8-9,12-19,28-30H2,1-3H3/t31-,32?,33?,34?,35?/m1/s1. The van der Waals surface area contributed by atoms with Crippen molar-refractivity contribution in [2.75, 3.05) is 19.8 Å². The molecule has 0 heterocycles. The number of carbonyl (C=O) groups is 2. The summed E-state index contributed by atoms with van der Waals surface area (Å²) in [6.45, 7) is 7.22. The zero-order valence-corrected chi connectivity index (χ0v) is 28.9. The molecule has 2 fully saturated rings. The van der Waals surface area contributed by atoms with Crippen LogP contribution in [0.1, 0.15) is 119 Å². The second-order valence-corrected chi connectivity index (χ2v) is 13.5. The highest BCUT2D eigenvalue weighted by Crippen LogP contribution is 2.33. The Bertz CT molecular complexity index is 1250. The fraction of sp³-hybridized carbons (Fsp3) is 0.561. The molecule has 0 spiro atoms. The summed E-state index contributed by atoms with van der Waals surface area (Å²) in [6, 6.07) is 13.8. The van der Waals surface area contributed by atoms with Crippen molar-refractivity contribution in [1.29, 1.82) is 0 Å². The van der Waals surface area contributed by atoms with Gasteiger partial charge in [0, 0.05) is 0 Å². The Morgan fingerprint density at radius 2 is 1.09 bits per heavy atom. The minimum absolute atomic E-state index is 0.0399. The molecule has 0 N–H and O–H groups in total. The first-order chi connectivity index (χ1) is 22.9. The Morgan fingerprint density at radius 1 is 0.660 bits per heavy atom. The van der Waals surface area contributed by atoms with Crippen molar-refractivity contribution in [3.8, 4) is 11.5 Å². The molecule has 4 rings (SSSR count). The summed E-state index contributed by atoms with van der Waals surface area (Å²) in [5, 5.41) is 0. The molecule has 256 valence electrons. The molecule has 2 aromatic carbocycles. The number of benzene rings is 2. The normalized spacial score (nSPS) is 22.2. The van der Waals surface area contributed by atoms with Gasteiger partial charge in [-0.05, 0) is 130 Å². The van der Waals surface area contributed by atoms with E-state index in [1.165, 1.54) is 77.0 Å². The van der Waals surface area contributed by atoms with E-state index < -0.39 is 18.0 Å². The van der Waals surface area contributed by atoms with Gasteiger partial charge < -0.3 is 18.9 Å². The van der Waals surface area contributed by atoms with Crippen LogP contribution >= 0.6 is 0 Å². The van der Waals surface area contributed by atoms with Gasteiger partial charge in [0.1, 0.15) is 37.4 Å². The predicted molar refractivity (Wildman–Crippen MR) is 188 cm³/mol. The van der Waals surface area contributed by atoms with Crippen molar-refractivity contribution in [2.45, 2.75) is 104 Å². The molecule has 2 aromatic rings. The Kier molecular flexibility index (Phi) is 15.4. The Morgan fingerprint density at radius 3 is 1.51 bits per heavy atom. The topological polar surface area (TPSA) is 71.1 Å². The number of esters is 2. The maximum atomic E-state index is 12.6. The van der Waals surface area contributed by atoms with E-state index in [0.29, 0.717) is 47.7 Å². The third kappa shape index (κ3) is 12.9. The fourth-order valence-electron chi connectivity index (χ4n) is 6.88. The van der Waals surface area contributed by atoms with Crippen molar-refractivity contribution >= 4 is 11.9 Å². The minimum atomic E-state index is -0.597. The number of rotatable bonds is 17. The van der Waals surface area contributed by atoms with Crippen LogP contribution in [0.3, 0.4) is 0 Å². The molecule has 2 saturated carbocycles. The van der Waals surface area contributed by atoms with Gasteiger partial charge in [-0.15, -0.1) is 0 Å². The zero-order valence-electron chi connectivity index (χ0n) is 28.9. The van der Waals surface area contributed by atoms with Crippen LogP contribution in [0.25, 0.3) is 0 Å². The smallest absolute Gasteiger partial charge is 0.338 e.